The number of hydrogen-bond acceptors (Lipinski definition) is 5. The number of benzene rings is 1. The van der Waals surface area contributed by atoms with Gasteiger partial charge in [0.1, 0.15) is 5.52 Å². The molecule has 0 radical (unpaired) electrons. The van der Waals surface area contributed by atoms with Crippen LogP contribution in [0.25, 0.3) is 11.1 Å². The van der Waals surface area contributed by atoms with E-state index in [-0.39, 0.29) is 17.7 Å². The van der Waals surface area contributed by atoms with E-state index in [2.05, 4.69) is 4.98 Å². The molecule has 1 aliphatic heterocycles. The van der Waals surface area contributed by atoms with E-state index in [9.17, 15) is 13.2 Å². The van der Waals surface area contributed by atoms with Crippen LogP contribution in [-0.2, 0) is 14.8 Å². The summed E-state index contributed by atoms with van der Waals surface area (Å²) in [7, 11) is -1.44. The summed E-state index contributed by atoms with van der Waals surface area (Å²) in [5.41, 5.74) is 2.20. The highest BCUT2D eigenvalue weighted by atomic mass is 32.2. The van der Waals surface area contributed by atoms with Crippen molar-refractivity contribution in [3.63, 3.8) is 0 Å². The molecule has 1 aromatic carbocycles. The molecule has 0 saturated carbocycles. The standard InChI is InChI=1S/C18H25N3O4S/c1-12(2)17-19-15-11-14(5-6-16(15)25-17)20(3)18(22)13-7-9-21(10-8-13)26(4,23)24/h5-6,11-13H,7-10H2,1-4H3. The van der Waals surface area contributed by atoms with Crippen molar-refractivity contribution in [3.05, 3.63) is 24.1 Å². The highest BCUT2D eigenvalue weighted by molar-refractivity contribution is 7.88. The zero-order valence-corrected chi connectivity index (χ0v) is 16.4. The second kappa shape index (κ2) is 7.00. The van der Waals surface area contributed by atoms with Crippen LogP contribution in [0.5, 0.6) is 0 Å². The van der Waals surface area contributed by atoms with Crippen LogP contribution in [0.2, 0.25) is 0 Å². The zero-order chi connectivity index (χ0) is 19.1. The summed E-state index contributed by atoms with van der Waals surface area (Å²) in [6.45, 7) is 4.82. The number of anilines is 1. The number of piperidine rings is 1. The molecule has 0 N–H and O–H groups in total. The first-order chi connectivity index (χ1) is 12.2. The number of carbonyl (C=O) groups excluding carboxylic acids is 1. The molecule has 0 unspecified atom stereocenters. The number of fused-ring (bicyclic) bond motifs is 1. The van der Waals surface area contributed by atoms with E-state index in [0.717, 1.165) is 11.2 Å². The Hall–Kier alpha value is -1.93. The van der Waals surface area contributed by atoms with E-state index in [4.69, 9.17) is 4.42 Å². The second-order valence-corrected chi connectivity index (χ2v) is 9.17. The van der Waals surface area contributed by atoms with Gasteiger partial charge in [-0.15, -0.1) is 0 Å². The van der Waals surface area contributed by atoms with Crippen molar-refractivity contribution in [2.45, 2.75) is 32.6 Å². The van der Waals surface area contributed by atoms with Crippen molar-refractivity contribution < 1.29 is 17.6 Å². The van der Waals surface area contributed by atoms with E-state index in [1.807, 2.05) is 32.0 Å². The second-order valence-electron chi connectivity index (χ2n) is 7.19. The van der Waals surface area contributed by atoms with E-state index in [1.54, 1.807) is 11.9 Å². The largest absolute Gasteiger partial charge is 0.440 e. The van der Waals surface area contributed by atoms with Gasteiger partial charge in [0, 0.05) is 37.7 Å². The minimum Gasteiger partial charge on any atom is -0.440 e. The molecule has 26 heavy (non-hydrogen) atoms. The van der Waals surface area contributed by atoms with Gasteiger partial charge in [-0.05, 0) is 31.0 Å². The lowest BCUT2D eigenvalue weighted by Gasteiger charge is -2.31. The van der Waals surface area contributed by atoms with E-state index >= 15 is 0 Å². The third kappa shape index (κ3) is 3.76. The summed E-state index contributed by atoms with van der Waals surface area (Å²) in [6, 6.07) is 5.54. The summed E-state index contributed by atoms with van der Waals surface area (Å²) in [4.78, 5) is 18.9. The molecule has 142 valence electrons. The van der Waals surface area contributed by atoms with Crippen LogP contribution in [-0.4, -0.2) is 50.0 Å². The van der Waals surface area contributed by atoms with Gasteiger partial charge in [-0.1, -0.05) is 13.8 Å². The lowest BCUT2D eigenvalue weighted by atomic mass is 9.96. The third-order valence-corrected chi connectivity index (χ3v) is 6.17. The van der Waals surface area contributed by atoms with E-state index < -0.39 is 10.0 Å². The van der Waals surface area contributed by atoms with Gasteiger partial charge in [-0.2, -0.15) is 0 Å². The molecule has 2 heterocycles. The number of amides is 1. The number of hydrogen-bond donors (Lipinski definition) is 0. The monoisotopic (exact) mass is 379 g/mol. The Morgan fingerprint density at radius 2 is 1.96 bits per heavy atom. The summed E-state index contributed by atoms with van der Waals surface area (Å²) < 4.78 is 30.4. The average molecular weight is 379 g/mol. The molecular formula is C18H25N3O4S. The summed E-state index contributed by atoms with van der Waals surface area (Å²) in [6.07, 6.45) is 2.29. The lowest BCUT2D eigenvalue weighted by molar-refractivity contribution is -0.123. The fourth-order valence-corrected chi connectivity index (χ4v) is 4.10. The maximum Gasteiger partial charge on any atom is 0.229 e. The van der Waals surface area contributed by atoms with Crippen molar-refractivity contribution in [2.24, 2.45) is 5.92 Å². The maximum atomic E-state index is 12.8. The van der Waals surface area contributed by atoms with Crippen LogP contribution >= 0.6 is 0 Å². The van der Waals surface area contributed by atoms with Gasteiger partial charge in [0.2, 0.25) is 15.9 Å². The molecule has 1 aliphatic rings. The van der Waals surface area contributed by atoms with E-state index in [0.29, 0.717) is 37.4 Å². The van der Waals surface area contributed by atoms with Crippen LogP contribution in [0.3, 0.4) is 0 Å². The maximum absolute atomic E-state index is 12.8. The first-order valence-corrected chi connectivity index (χ1v) is 10.6. The van der Waals surface area contributed by atoms with Gasteiger partial charge < -0.3 is 9.32 Å². The van der Waals surface area contributed by atoms with Gasteiger partial charge in [0.15, 0.2) is 11.5 Å². The Labute approximate surface area is 154 Å². The van der Waals surface area contributed by atoms with Crippen molar-refractivity contribution >= 4 is 32.7 Å². The van der Waals surface area contributed by atoms with E-state index in [1.165, 1.54) is 10.6 Å². The molecule has 2 aromatic rings. The summed E-state index contributed by atoms with van der Waals surface area (Å²) >= 11 is 0. The zero-order valence-electron chi connectivity index (χ0n) is 15.6. The summed E-state index contributed by atoms with van der Waals surface area (Å²) in [5, 5.41) is 0. The summed E-state index contributed by atoms with van der Waals surface area (Å²) in [5.74, 6) is 0.715. The van der Waals surface area contributed by atoms with Gasteiger partial charge >= 0.3 is 0 Å². The quantitative estimate of drug-likeness (QED) is 0.815. The minimum atomic E-state index is -3.19. The molecule has 0 aliphatic carbocycles. The molecule has 0 bridgehead atoms. The predicted octanol–water partition coefficient (Wildman–Crippen LogP) is 2.59. The lowest BCUT2D eigenvalue weighted by Crippen LogP contribution is -2.43. The fraction of sp³-hybridized carbons (Fsp3) is 0.556. The number of nitrogens with zero attached hydrogens (tertiary/aromatic N) is 3. The molecule has 0 atom stereocenters. The Bertz CT molecular complexity index is 912. The van der Waals surface area contributed by atoms with Crippen LogP contribution < -0.4 is 4.90 Å². The van der Waals surface area contributed by atoms with Crippen molar-refractivity contribution in [3.8, 4) is 0 Å². The SMILES string of the molecule is CC(C)c1nc2cc(N(C)C(=O)C3CCN(S(C)(=O)=O)CC3)ccc2o1. The number of carbonyl (C=O) groups is 1. The Morgan fingerprint density at radius 1 is 1.31 bits per heavy atom. The molecule has 1 amide bonds. The Kier molecular flexibility index (Phi) is 5.07. The Balaban J connectivity index is 1.73. The molecule has 0 spiro atoms. The van der Waals surface area contributed by atoms with Crippen LogP contribution in [0.4, 0.5) is 5.69 Å². The highest BCUT2D eigenvalue weighted by Crippen LogP contribution is 2.27. The third-order valence-electron chi connectivity index (χ3n) is 4.87. The van der Waals surface area contributed by atoms with Crippen LogP contribution in [0, 0.1) is 5.92 Å². The number of oxazole rings is 1. The molecule has 3 rings (SSSR count). The van der Waals surface area contributed by atoms with Gasteiger partial charge in [-0.3, -0.25) is 4.79 Å². The van der Waals surface area contributed by atoms with Crippen LogP contribution in [0.1, 0.15) is 38.5 Å². The van der Waals surface area contributed by atoms with Crippen molar-refractivity contribution in [1.82, 2.24) is 9.29 Å². The van der Waals surface area contributed by atoms with Gasteiger partial charge in [-0.25, -0.2) is 17.7 Å². The molecule has 1 saturated heterocycles. The molecule has 1 fully saturated rings. The fourth-order valence-electron chi connectivity index (χ4n) is 3.22. The predicted molar refractivity (Wildman–Crippen MR) is 101 cm³/mol. The Morgan fingerprint density at radius 3 is 2.54 bits per heavy atom. The smallest absolute Gasteiger partial charge is 0.229 e. The van der Waals surface area contributed by atoms with Crippen molar-refractivity contribution in [1.29, 1.82) is 0 Å². The number of sulfonamides is 1. The highest BCUT2D eigenvalue weighted by Gasteiger charge is 2.31. The minimum absolute atomic E-state index is 0.00470. The molecule has 7 nitrogen and oxygen atoms in total. The number of aromatic nitrogens is 1. The topological polar surface area (TPSA) is 83.7 Å². The first-order valence-electron chi connectivity index (χ1n) is 8.80. The normalized spacial score (nSPS) is 17.1. The molecule has 8 heteroatoms. The molecule has 1 aromatic heterocycles. The van der Waals surface area contributed by atoms with Gasteiger partial charge in [0.25, 0.3) is 0 Å². The average Bonchev–Trinajstić information content (AvgIpc) is 3.03. The van der Waals surface area contributed by atoms with Gasteiger partial charge in [0.05, 0.1) is 6.26 Å². The van der Waals surface area contributed by atoms with Crippen molar-refractivity contribution in [2.75, 3.05) is 31.3 Å². The molecular weight excluding hydrogens is 354 g/mol. The number of rotatable bonds is 4. The first kappa shape index (κ1) is 18.8. The van der Waals surface area contributed by atoms with Crippen LogP contribution in [0.15, 0.2) is 22.6 Å².